The predicted molar refractivity (Wildman–Crippen MR) is 76.0 cm³/mol. The zero-order valence-corrected chi connectivity index (χ0v) is 11.7. The standard InChI is InChI=1S/C15H15NO3S/c1-2-8-16-14(3-1)20-13-6-4-12(5-7-13)19-11-15-17-9-10-18-15/h1-8,15H,9-11H2. The summed E-state index contributed by atoms with van der Waals surface area (Å²) < 4.78 is 16.3. The number of benzene rings is 1. The minimum Gasteiger partial charge on any atom is -0.488 e. The lowest BCUT2D eigenvalue weighted by Gasteiger charge is -2.11. The highest BCUT2D eigenvalue weighted by Crippen LogP contribution is 2.27. The van der Waals surface area contributed by atoms with Gasteiger partial charge in [-0.15, -0.1) is 0 Å². The molecule has 0 radical (unpaired) electrons. The first-order chi connectivity index (χ1) is 9.90. The van der Waals surface area contributed by atoms with Crippen LogP contribution in [0.3, 0.4) is 0 Å². The van der Waals surface area contributed by atoms with E-state index in [1.54, 1.807) is 18.0 Å². The van der Waals surface area contributed by atoms with Gasteiger partial charge >= 0.3 is 0 Å². The number of rotatable bonds is 5. The molecule has 0 atom stereocenters. The number of nitrogens with zero attached hydrogens (tertiary/aromatic N) is 1. The Bertz CT molecular complexity index is 527. The lowest BCUT2D eigenvalue weighted by Crippen LogP contribution is -2.18. The van der Waals surface area contributed by atoms with Crippen LogP contribution in [0.1, 0.15) is 0 Å². The average molecular weight is 289 g/mol. The molecule has 1 fully saturated rings. The molecule has 3 rings (SSSR count). The van der Waals surface area contributed by atoms with Gasteiger partial charge in [0.2, 0.25) is 0 Å². The average Bonchev–Trinajstić information content (AvgIpc) is 3.01. The molecular weight excluding hydrogens is 274 g/mol. The van der Waals surface area contributed by atoms with Crippen LogP contribution >= 0.6 is 11.8 Å². The zero-order valence-electron chi connectivity index (χ0n) is 10.9. The Morgan fingerprint density at radius 3 is 2.60 bits per heavy atom. The summed E-state index contributed by atoms with van der Waals surface area (Å²) in [5, 5.41) is 0.980. The summed E-state index contributed by atoms with van der Waals surface area (Å²) in [7, 11) is 0. The maximum absolute atomic E-state index is 5.62. The van der Waals surface area contributed by atoms with Crippen LogP contribution in [0.15, 0.2) is 58.6 Å². The molecule has 0 bridgehead atoms. The van der Waals surface area contributed by atoms with Gasteiger partial charge in [0, 0.05) is 11.1 Å². The second kappa shape index (κ2) is 6.74. The molecule has 4 nitrogen and oxygen atoms in total. The van der Waals surface area contributed by atoms with Gasteiger partial charge in [0.15, 0.2) is 6.29 Å². The Hall–Kier alpha value is -1.56. The van der Waals surface area contributed by atoms with Crippen molar-refractivity contribution in [2.75, 3.05) is 19.8 Å². The highest BCUT2D eigenvalue weighted by Gasteiger charge is 2.16. The van der Waals surface area contributed by atoms with Gasteiger partial charge in [0.1, 0.15) is 17.4 Å². The van der Waals surface area contributed by atoms with Crippen LogP contribution < -0.4 is 4.74 Å². The summed E-state index contributed by atoms with van der Waals surface area (Å²) in [4.78, 5) is 5.41. The Balaban J connectivity index is 1.54. The van der Waals surface area contributed by atoms with E-state index in [-0.39, 0.29) is 6.29 Å². The second-order valence-corrected chi connectivity index (χ2v) is 5.32. The number of ether oxygens (including phenoxy) is 3. The fourth-order valence-corrected chi connectivity index (χ4v) is 2.57. The summed E-state index contributed by atoms with van der Waals surface area (Å²) in [5.74, 6) is 0.814. The van der Waals surface area contributed by atoms with Crippen LogP contribution in [0, 0.1) is 0 Å². The summed E-state index contributed by atoms with van der Waals surface area (Å²) >= 11 is 1.62. The predicted octanol–water partition coefficient (Wildman–Crippen LogP) is 2.98. The van der Waals surface area contributed by atoms with E-state index >= 15 is 0 Å². The van der Waals surface area contributed by atoms with E-state index in [4.69, 9.17) is 14.2 Å². The normalized spacial score (nSPS) is 15.4. The largest absolute Gasteiger partial charge is 0.488 e. The van der Waals surface area contributed by atoms with Crippen molar-refractivity contribution in [3.05, 3.63) is 48.7 Å². The van der Waals surface area contributed by atoms with Crippen molar-refractivity contribution in [3.63, 3.8) is 0 Å². The molecule has 1 saturated heterocycles. The van der Waals surface area contributed by atoms with Crippen LogP contribution in [-0.2, 0) is 9.47 Å². The number of pyridine rings is 1. The third kappa shape index (κ3) is 3.72. The lowest BCUT2D eigenvalue weighted by molar-refractivity contribution is -0.0684. The summed E-state index contributed by atoms with van der Waals surface area (Å²) in [5.41, 5.74) is 0. The molecule has 1 aliphatic rings. The van der Waals surface area contributed by atoms with Gasteiger partial charge in [0.05, 0.1) is 13.2 Å². The Kier molecular flexibility index (Phi) is 4.53. The van der Waals surface area contributed by atoms with Crippen molar-refractivity contribution < 1.29 is 14.2 Å². The molecule has 1 aromatic carbocycles. The molecule has 0 saturated carbocycles. The first-order valence-electron chi connectivity index (χ1n) is 6.45. The molecule has 5 heteroatoms. The minimum atomic E-state index is -0.238. The first-order valence-corrected chi connectivity index (χ1v) is 7.27. The third-order valence-electron chi connectivity index (χ3n) is 2.76. The fourth-order valence-electron chi connectivity index (χ4n) is 1.80. The van der Waals surface area contributed by atoms with Crippen molar-refractivity contribution in [2.24, 2.45) is 0 Å². The van der Waals surface area contributed by atoms with E-state index in [0.717, 1.165) is 15.7 Å². The third-order valence-corrected chi connectivity index (χ3v) is 3.72. The van der Waals surface area contributed by atoms with E-state index in [1.807, 2.05) is 42.5 Å². The molecule has 0 spiro atoms. The van der Waals surface area contributed by atoms with Crippen LogP contribution in [0.2, 0.25) is 0 Å². The zero-order chi connectivity index (χ0) is 13.6. The summed E-state index contributed by atoms with van der Waals surface area (Å²) in [6, 6.07) is 13.8. The molecule has 1 aliphatic heterocycles. The van der Waals surface area contributed by atoms with Crippen molar-refractivity contribution in [3.8, 4) is 5.75 Å². The second-order valence-electron chi connectivity index (χ2n) is 4.22. The topological polar surface area (TPSA) is 40.6 Å². The highest BCUT2D eigenvalue weighted by atomic mass is 32.2. The van der Waals surface area contributed by atoms with Gasteiger partial charge in [-0.1, -0.05) is 17.8 Å². The van der Waals surface area contributed by atoms with Crippen LogP contribution in [0.4, 0.5) is 0 Å². The van der Waals surface area contributed by atoms with Crippen LogP contribution in [-0.4, -0.2) is 31.1 Å². The lowest BCUT2D eigenvalue weighted by atomic mass is 10.3. The van der Waals surface area contributed by atoms with E-state index in [9.17, 15) is 0 Å². The van der Waals surface area contributed by atoms with E-state index < -0.39 is 0 Å². The van der Waals surface area contributed by atoms with Crippen molar-refractivity contribution >= 4 is 11.8 Å². The number of hydrogen-bond donors (Lipinski definition) is 0. The molecule has 20 heavy (non-hydrogen) atoms. The van der Waals surface area contributed by atoms with Gasteiger partial charge in [-0.05, 0) is 36.4 Å². The minimum absolute atomic E-state index is 0.238. The van der Waals surface area contributed by atoms with Crippen molar-refractivity contribution in [1.82, 2.24) is 4.98 Å². The van der Waals surface area contributed by atoms with Crippen LogP contribution in [0.25, 0.3) is 0 Å². The summed E-state index contributed by atoms with van der Waals surface area (Å²) in [6.45, 7) is 1.72. The quantitative estimate of drug-likeness (QED) is 0.846. The molecule has 0 amide bonds. The SMILES string of the molecule is c1ccc(Sc2ccc(OCC3OCCO3)cc2)nc1. The fraction of sp³-hybridized carbons (Fsp3) is 0.267. The number of aromatic nitrogens is 1. The van der Waals surface area contributed by atoms with E-state index in [2.05, 4.69) is 4.98 Å². The molecule has 1 aromatic heterocycles. The van der Waals surface area contributed by atoms with Crippen molar-refractivity contribution in [2.45, 2.75) is 16.2 Å². The maximum atomic E-state index is 5.62. The van der Waals surface area contributed by atoms with Gasteiger partial charge in [0.25, 0.3) is 0 Å². The molecule has 2 heterocycles. The van der Waals surface area contributed by atoms with Gasteiger partial charge < -0.3 is 14.2 Å². The highest BCUT2D eigenvalue weighted by molar-refractivity contribution is 7.99. The maximum Gasteiger partial charge on any atom is 0.191 e. The van der Waals surface area contributed by atoms with E-state index in [0.29, 0.717) is 19.8 Å². The van der Waals surface area contributed by atoms with Gasteiger partial charge in [-0.3, -0.25) is 0 Å². The van der Waals surface area contributed by atoms with Gasteiger partial charge in [-0.25, -0.2) is 4.98 Å². The molecule has 0 unspecified atom stereocenters. The molecular formula is C15H15NO3S. The summed E-state index contributed by atoms with van der Waals surface area (Å²) in [6.07, 6.45) is 1.55. The van der Waals surface area contributed by atoms with Crippen molar-refractivity contribution in [1.29, 1.82) is 0 Å². The Labute approximate surface area is 122 Å². The Morgan fingerprint density at radius 2 is 1.90 bits per heavy atom. The first kappa shape index (κ1) is 13.4. The van der Waals surface area contributed by atoms with Crippen LogP contribution in [0.5, 0.6) is 5.75 Å². The monoisotopic (exact) mass is 289 g/mol. The Morgan fingerprint density at radius 1 is 1.10 bits per heavy atom. The van der Waals surface area contributed by atoms with Gasteiger partial charge in [-0.2, -0.15) is 0 Å². The molecule has 2 aromatic rings. The smallest absolute Gasteiger partial charge is 0.191 e. The molecule has 104 valence electrons. The molecule has 0 N–H and O–H groups in total. The van der Waals surface area contributed by atoms with E-state index in [1.165, 1.54) is 0 Å². The molecule has 0 aliphatic carbocycles. The number of hydrogen-bond acceptors (Lipinski definition) is 5.